The van der Waals surface area contributed by atoms with E-state index in [0.29, 0.717) is 5.69 Å². The van der Waals surface area contributed by atoms with Crippen LogP contribution in [0.1, 0.15) is 19.4 Å². The minimum Gasteiger partial charge on any atom is -0.376 e. The maximum atomic E-state index is 12.9. The molecule has 25 heavy (non-hydrogen) atoms. The fraction of sp³-hybridized carbons (Fsp3) is 0.375. The number of hydrogen-bond acceptors (Lipinski definition) is 3. The molecule has 0 radical (unpaired) electrons. The van der Waals surface area contributed by atoms with Gasteiger partial charge >= 0.3 is 6.18 Å². The van der Waals surface area contributed by atoms with Gasteiger partial charge in [0.15, 0.2) is 0 Å². The molecule has 2 aromatic rings. The second-order valence-corrected chi connectivity index (χ2v) is 7.49. The Hall–Kier alpha value is -1.78. The molecule has 0 aliphatic rings. The molecular formula is C16H18F3IN4O. The molecule has 1 aromatic carbocycles. The second-order valence-electron chi connectivity index (χ2n) is 6.24. The summed E-state index contributed by atoms with van der Waals surface area (Å²) in [6.45, 7) is 3.37. The smallest absolute Gasteiger partial charge is 0.376 e. The van der Waals surface area contributed by atoms with Gasteiger partial charge in [0, 0.05) is 20.3 Å². The third-order valence-electron chi connectivity index (χ3n) is 3.73. The van der Waals surface area contributed by atoms with Crippen LogP contribution < -0.4 is 10.2 Å². The summed E-state index contributed by atoms with van der Waals surface area (Å²) >= 11 is 2.08. The van der Waals surface area contributed by atoms with Gasteiger partial charge < -0.3 is 10.2 Å². The highest BCUT2D eigenvalue weighted by molar-refractivity contribution is 14.1. The normalized spacial score (nSPS) is 12.2. The Labute approximate surface area is 157 Å². The molecule has 2 rings (SSSR count). The van der Waals surface area contributed by atoms with Crippen molar-refractivity contribution in [3.8, 4) is 0 Å². The summed E-state index contributed by atoms with van der Waals surface area (Å²) in [7, 11) is 3.23. The number of benzene rings is 1. The highest BCUT2D eigenvalue weighted by atomic mass is 127. The quantitative estimate of drug-likeness (QED) is 0.695. The molecule has 0 fully saturated rings. The third-order valence-corrected chi connectivity index (χ3v) is 4.29. The molecule has 136 valence electrons. The fourth-order valence-electron chi connectivity index (χ4n) is 2.17. The summed E-state index contributed by atoms with van der Waals surface area (Å²) in [5.74, 6) is -0.380. The minimum atomic E-state index is -4.45. The first kappa shape index (κ1) is 19.5. The Balaban J connectivity index is 2.34. The largest absolute Gasteiger partial charge is 0.416 e. The minimum absolute atomic E-state index is 0.272. The first-order chi connectivity index (χ1) is 11.4. The maximum absolute atomic E-state index is 12.9. The van der Waals surface area contributed by atoms with Crippen LogP contribution in [-0.4, -0.2) is 29.8 Å². The Morgan fingerprint density at radius 2 is 1.92 bits per heavy atom. The molecule has 0 spiro atoms. The number of carbonyl (C=O) groups is 1. The lowest BCUT2D eigenvalue weighted by molar-refractivity contribution is -0.137. The van der Waals surface area contributed by atoms with Crippen LogP contribution in [0, 0.1) is 3.57 Å². The van der Waals surface area contributed by atoms with Crippen molar-refractivity contribution in [1.29, 1.82) is 0 Å². The van der Waals surface area contributed by atoms with E-state index in [4.69, 9.17) is 0 Å². The van der Waals surface area contributed by atoms with Gasteiger partial charge in [-0.2, -0.15) is 18.3 Å². The van der Waals surface area contributed by atoms with Crippen LogP contribution in [0.15, 0.2) is 30.6 Å². The van der Waals surface area contributed by atoms with Crippen molar-refractivity contribution in [2.45, 2.75) is 25.6 Å². The number of hydrogen-bond donors (Lipinski definition) is 1. The van der Waals surface area contributed by atoms with E-state index in [9.17, 15) is 18.0 Å². The van der Waals surface area contributed by atoms with Crippen LogP contribution in [0.4, 0.5) is 24.5 Å². The first-order valence-corrected chi connectivity index (χ1v) is 8.41. The van der Waals surface area contributed by atoms with Crippen molar-refractivity contribution in [2.24, 2.45) is 0 Å². The van der Waals surface area contributed by atoms with Gasteiger partial charge in [-0.05, 0) is 54.6 Å². The maximum Gasteiger partial charge on any atom is 0.416 e. The number of aromatic nitrogens is 2. The second kappa shape index (κ2) is 6.85. The third kappa shape index (κ3) is 4.25. The predicted molar refractivity (Wildman–Crippen MR) is 98.7 cm³/mol. The monoisotopic (exact) mass is 466 g/mol. The van der Waals surface area contributed by atoms with Crippen molar-refractivity contribution in [3.63, 3.8) is 0 Å². The van der Waals surface area contributed by atoms with Crippen LogP contribution in [0.2, 0.25) is 0 Å². The summed E-state index contributed by atoms with van der Waals surface area (Å²) in [6.07, 6.45) is -1.10. The lowest BCUT2D eigenvalue weighted by Crippen LogP contribution is -2.40. The summed E-state index contributed by atoms with van der Waals surface area (Å²) < 4.78 is 41.2. The van der Waals surface area contributed by atoms with Gasteiger partial charge in [-0.25, -0.2) is 0 Å². The predicted octanol–water partition coefficient (Wildman–Crippen LogP) is 3.95. The number of nitrogens with zero attached hydrogens (tertiary/aromatic N) is 3. The molecule has 1 amide bonds. The Morgan fingerprint density at radius 1 is 1.28 bits per heavy atom. The molecule has 9 heteroatoms. The number of anilines is 2. The standard InChI is InChI=1S/C16H18F3IN4O/c1-15(2,24-9-11(20)8-21-24)14(25)22-12-6-5-10(16(17,18)19)7-13(12)23(3)4/h5-9H,1-4H3,(H,22,25). The average Bonchev–Trinajstić information content (AvgIpc) is 2.93. The SMILES string of the molecule is CN(C)c1cc(C(F)(F)F)ccc1NC(=O)C(C)(C)n1cc(I)cn1. The van der Waals surface area contributed by atoms with Gasteiger partial charge in [-0.1, -0.05) is 0 Å². The summed E-state index contributed by atoms with van der Waals surface area (Å²) in [5.41, 5.74) is -1.20. The van der Waals surface area contributed by atoms with E-state index in [1.165, 1.54) is 15.6 Å². The number of halogens is 4. The van der Waals surface area contributed by atoms with E-state index >= 15 is 0 Å². The van der Waals surface area contributed by atoms with E-state index in [1.54, 1.807) is 40.3 Å². The number of alkyl halides is 3. The van der Waals surface area contributed by atoms with Crippen LogP contribution in [-0.2, 0) is 16.5 Å². The van der Waals surface area contributed by atoms with Crippen LogP contribution in [0.25, 0.3) is 0 Å². The fourth-order valence-corrected chi connectivity index (χ4v) is 2.56. The molecule has 0 saturated heterocycles. The molecule has 5 nitrogen and oxygen atoms in total. The average molecular weight is 466 g/mol. The van der Waals surface area contributed by atoms with Gasteiger partial charge in [0.25, 0.3) is 5.91 Å². The zero-order chi connectivity index (χ0) is 19.0. The van der Waals surface area contributed by atoms with Crippen molar-refractivity contribution >= 4 is 39.9 Å². The Bertz CT molecular complexity index is 784. The summed E-state index contributed by atoms with van der Waals surface area (Å²) in [5, 5.41) is 6.85. The topological polar surface area (TPSA) is 50.2 Å². The Kier molecular flexibility index (Phi) is 5.35. The molecule has 1 N–H and O–H groups in total. The molecule has 0 atom stereocenters. The zero-order valence-corrected chi connectivity index (χ0v) is 16.3. The van der Waals surface area contributed by atoms with E-state index in [0.717, 1.165) is 15.7 Å². The summed E-state index contributed by atoms with van der Waals surface area (Å²) in [4.78, 5) is 14.2. The highest BCUT2D eigenvalue weighted by Crippen LogP contribution is 2.35. The van der Waals surface area contributed by atoms with Gasteiger partial charge in [0.05, 0.1) is 26.7 Å². The van der Waals surface area contributed by atoms with Crippen LogP contribution in [0.3, 0.4) is 0 Å². The lowest BCUT2D eigenvalue weighted by atomic mass is 10.0. The molecular weight excluding hydrogens is 448 g/mol. The van der Waals surface area contributed by atoms with Crippen molar-refractivity contribution in [2.75, 3.05) is 24.3 Å². The molecule has 1 heterocycles. The number of nitrogens with one attached hydrogen (secondary N) is 1. The van der Waals surface area contributed by atoms with Gasteiger partial charge in [0.2, 0.25) is 0 Å². The van der Waals surface area contributed by atoms with E-state index < -0.39 is 17.3 Å². The van der Waals surface area contributed by atoms with E-state index in [1.807, 2.05) is 0 Å². The molecule has 0 aliphatic carbocycles. The molecule has 1 aromatic heterocycles. The lowest BCUT2D eigenvalue weighted by Gasteiger charge is -2.26. The molecule has 0 unspecified atom stereocenters. The van der Waals surface area contributed by atoms with E-state index in [-0.39, 0.29) is 11.6 Å². The van der Waals surface area contributed by atoms with Crippen molar-refractivity contribution in [3.05, 3.63) is 39.7 Å². The van der Waals surface area contributed by atoms with Crippen LogP contribution >= 0.6 is 22.6 Å². The zero-order valence-electron chi connectivity index (χ0n) is 14.1. The molecule has 0 aliphatic heterocycles. The Morgan fingerprint density at radius 3 is 2.40 bits per heavy atom. The molecule has 0 bridgehead atoms. The van der Waals surface area contributed by atoms with E-state index in [2.05, 4.69) is 33.0 Å². The highest BCUT2D eigenvalue weighted by Gasteiger charge is 2.33. The molecule has 0 saturated carbocycles. The van der Waals surface area contributed by atoms with Gasteiger partial charge in [0.1, 0.15) is 5.54 Å². The number of rotatable bonds is 4. The van der Waals surface area contributed by atoms with Gasteiger partial charge in [-0.3, -0.25) is 9.48 Å². The van der Waals surface area contributed by atoms with Crippen molar-refractivity contribution < 1.29 is 18.0 Å². The first-order valence-electron chi connectivity index (χ1n) is 7.33. The van der Waals surface area contributed by atoms with Crippen molar-refractivity contribution in [1.82, 2.24) is 9.78 Å². The summed E-state index contributed by atoms with van der Waals surface area (Å²) in [6, 6.07) is 3.23. The number of carbonyl (C=O) groups excluding carboxylic acids is 1. The van der Waals surface area contributed by atoms with Gasteiger partial charge in [-0.15, -0.1) is 0 Å². The number of amides is 1. The van der Waals surface area contributed by atoms with Crippen LogP contribution in [0.5, 0.6) is 0 Å².